The van der Waals surface area contributed by atoms with E-state index in [1.165, 1.54) is 0 Å². The lowest BCUT2D eigenvalue weighted by atomic mass is 9.91. The molecule has 106 valence electrons. The molecule has 0 spiro atoms. The summed E-state index contributed by atoms with van der Waals surface area (Å²) in [7, 11) is 1.64. The molecule has 0 fully saturated rings. The zero-order valence-corrected chi connectivity index (χ0v) is 13.7. The van der Waals surface area contributed by atoms with Crippen molar-refractivity contribution in [3.05, 3.63) is 34.4 Å². The molecule has 1 aromatic heterocycles. The SMILES string of the molecule is COc1ccc(-c2nc(N)c(Br)c(C(C)(C)C)n2)cc1. The molecule has 0 aliphatic heterocycles. The van der Waals surface area contributed by atoms with Crippen LogP contribution in [-0.2, 0) is 5.41 Å². The molecule has 2 aromatic rings. The molecule has 1 heterocycles. The lowest BCUT2D eigenvalue weighted by Crippen LogP contribution is -2.17. The molecule has 2 N–H and O–H groups in total. The highest BCUT2D eigenvalue weighted by molar-refractivity contribution is 9.10. The first-order valence-electron chi connectivity index (χ1n) is 6.31. The summed E-state index contributed by atoms with van der Waals surface area (Å²) in [6.07, 6.45) is 0. The fourth-order valence-electron chi connectivity index (χ4n) is 1.83. The summed E-state index contributed by atoms with van der Waals surface area (Å²) in [5, 5.41) is 0. The number of benzene rings is 1. The van der Waals surface area contributed by atoms with Gasteiger partial charge in [-0.2, -0.15) is 0 Å². The van der Waals surface area contributed by atoms with E-state index in [1.54, 1.807) is 7.11 Å². The molecule has 0 aliphatic carbocycles. The molecule has 0 bridgehead atoms. The number of hydrogen-bond acceptors (Lipinski definition) is 4. The number of halogens is 1. The van der Waals surface area contributed by atoms with Crippen LogP contribution in [0, 0.1) is 0 Å². The van der Waals surface area contributed by atoms with Crippen LogP contribution >= 0.6 is 15.9 Å². The van der Waals surface area contributed by atoms with E-state index in [1.807, 2.05) is 24.3 Å². The molecule has 0 atom stereocenters. The average molecular weight is 336 g/mol. The van der Waals surface area contributed by atoms with Crippen molar-refractivity contribution in [2.45, 2.75) is 26.2 Å². The molecule has 4 nitrogen and oxygen atoms in total. The van der Waals surface area contributed by atoms with Crippen LogP contribution in [0.1, 0.15) is 26.5 Å². The lowest BCUT2D eigenvalue weighted by molar-refractivity contribution is 0.415. The Hall–Kier alpha value is -1.62. The van der Waals surface area contributed by atoms with Crippen molar-refractivity contribution in [2.24, 2.45) is 0 Å². The molecular formula is C15H18BrN3O. The molecule has 2 rings (SSSR count). The number of methoxy groups -OCH3 is 1. The standard InChI is InChI=1S/C15H18BrN3O/c1-15(2,3)12-11(16)13(17)19-14(18-12)9-5-7-10(20-4)8-6-9/h5-8H,1-4H3,(H2,17,18,19). The fourth-order valence-corrected chi connectivity index (χ4v) is 2.60. The molecule has 0 unspecified atom stereocenters. The van der Waals surface area contributed by atoms with Crippen LogP contribution in [-0.4, -0.2) is 17.1 Å². The van der Waals surface area contributed by atoms with Crippen LogP contribution in [0.15, 0.2) is 28.7 Å². The van der Waals surface area contributed by atoms with E-state index in [0.717, 1.165) is 21.5 Å². The van der Waals surface area contributed by atoms with E-state index in [9.17, 15) is 0 Å². The highest BCUT2D eigenvalue weighted by atomic mass is 79.9. The Balaban J connectivity index is 2.54. The predicted octanol–water partition coefficient (Wildman–Crippen LogP) is 3.79. The number of ether oxygens (including phenoxy) is 1. The summed E-state index contributed by atoms with van der Waals surface area (Å²) < 4.78 is 5.92. The van der Waals surface area contributed by atoms with Crippen LogP contribution in [0.4, 0.5) is 5.82 Å². The third kappa shape index (κ3) is 2.93. The van der Waals surface area contributed by atoms with Gasteiger partial charge in [0.25, 0.3) is 0 Å². The summed E-state index contributed by atoms with van der Waals surface area (Å²) in [5.74, 6) is 1.88. The molecule has 20 heavy (non-hydrogen) atoms. The van der Waals surface area contributed by atoms with Crippen molar-refractivity contribution >= 4 is 21.7 Å². The Labute approximate surface area is 127 Å². The maximum atomic E-state index is 5.99. The number of nitrogens with zero attached hydrogens (tertiary/aromatic N) is 2. The van der Waals surface area contributed by atoms with Gasteiger partial charge < -0.3 is 10.5 Å². The van der Waals surface area contributed by atoms with Crippen LogP contribution in [0.5, 0.6) is 5.75 Å². The van der Waals surface area contributed by atoms with E-state index in [2.05, 4.69) is 46.7 Å². The Morgan fingerprint density at radius 3 is 2.20 bits per heavy atom. The Morgan fingerprint density at radius 2 is 1.70 bits per heavy atom. The van der Waals surface area contributed by atoms with Gasteiger partial charge in [0.1, 0.15) is 11.6 Å². The number of nitrogen functional groups attached to an aromatic ring is 1. The maximum Gasteiger partial charge on any atom is 0.161 e. The van der Waals surface area contributed by atoms with Gasteiger partial charge in [-0.1, -0.05) is 20.8 Å². The Morgan fingerprint density at radius 1 is 1.10 bits per heavy atom. The van der Waals surface area contributed by atoms with Crippen LogP contribution in [0.25, 0.3) is 11.4 Å². The van der Waals surface area contributed by atoms with Gasteiger partial charge in [0.05, 0.1) is 17.3 Å². The fraction of sp³-hybridized carbons (Fsp3) is 0.333. The minimum atomic E-state index is -0.114. The van der Waals surface area contributed by atoms with E-state index < -0.39 is 0 Å². The molecule has 5 heteroatoms. The van der Waals surface area contributed by atoms with Crippen molar-refractivity contribution in [1.82, 2.24) is 9.97 Å². The zero-order valence-electron chi connectivity index (χ0n) is 12.1. The summed E-state index contributed by atoms with van der Waals surface area (Å²) in [5.41, 5.74) is 7.69. The van der Waals surface area contributed by atoms with Gasteiger partial charge in [0, 0.05) is 11.0 Å². The van der Waals surface area contributed by atoms with E-state index >= 15 is 0 Å². The quantitative estimate of drug-likeness (QED) is 0.906. The largest absolute Gasteiger partial charge is 0.497 e. The van der Waals surface area contributed by atoms with E-state index in [4.69, 9.17) is 10.5 Å². The highest BCUT2D eigenvalue weighted by Crippen LogP contribution is 2.33. The van der Waals surface area contributed by atoms with Crippen LogP contribution in [0.2, 0.25) is 0 Å². The van der Waals surface area contributed by atoms with Crippen molar-refractivity contribution < 1.29 is 4.74 Å². The molecule has 1 aromatic carbocycles. The second kappa shape index (κ2) is 5.40. The predicted molar refractivity (Wildman–Crippen MR) is 84.8 cm³/mol. The highest BCUT2D eigenvalue weighted by Gasteiger charge is 2.22. The maximum absolute atomic E-state index is 5.99. The second-order valence-corrected chi connectivity index (χ2v) is 6.37. The molecular weight excluding hydrogens is 318 g/mol. The van der Waals surface area contributed by atoms with E-state index in [0.29, 0.717) is 11.6 Å². The minimum absolute atomic E-state index is 0.114. The third-order valence-corrected chi connectivity index (χ3v) is 3.72. The van der Waals surface area contributed by atoms with Crippen molar-refractivity contribution in [1.29, 1.82) is 0 Å². The molecule has 0 saturated heterocycles. The topological polar surface area (TPSA) is 61.0 Å². The number of nitrogens with two attached hydrogens (primary N) is 1. The zero-order chi connectivity index (χ0) is 14.9. The number of anilines is 1. The monoisotopic (exact) mass is 335 g/mol. The number of aromatic nitrogens is 2. The number of rotatable bonds is 2. The average Bonchev–Trinajstić information content (AvgIpc) is 2.40. The van der Waals surface area contributed by atoms with Gasteiger partial charge in [0.15, 0.2) is 5.82 Å². The first-order valence-corrected chi connectivity index (χ1v) is 7.10. The van der Waals surface area contributed by atoms with Gasteiger partial charge in [-0.25, -0.2) is 9.97 Å². The lowest BCUT2D eigenvalue weighted by Gasteiger charge is -2.20. The summed E-state index contributed by atoms with van der Waals surface area (Å²) in [6.45, 7) is 6.28. The van der Waals surface area contributed by atoms with Crippen molar-refractivity contribution in [3.8, 4) is 17.1 Å². The first-order chi connectivity index (χ1) is 9.32. The molecule has 0 amide bonds. The van der Waals surface area contributed by atoms with Gasteiger partial charge in [-0.05, 0) is 40.2 Å². The van der Waals surface area contributed by atoms with Crippen molar-refractivity contribution in [3.63, 3.8) is 0 Å². The smallest absolute Gasteiger partial charge is 0.161 e. The Kier molecular flexibility index (Phi) is 3.99. The van der Waals surface area contributed by atoms with Crippen molar-refractivity contribution in [2.75, 3.05) is 12.8 Å². The minimum Gasteiger partial charge on any atom is -0.497 e. The summed E-state index contributed by atoms with van der Waals surface area (Å²) in [6, 6.07) is 7.61. The first kappa shape index (κ1) is 14.8. The second-order valence-electron chi connectivity index (χ2n) is 5.57. The molecule has 0 radical (unpaired) electrons. The normalized spacial score (nSPS) is 11.4. The number of hydrogen-bond donors (Lipinski definition) is 1. The van der Waals surface area contributed by atoms with E-state index in [-0.39, 0.29) is 5.41 Å². The van der Waals surface area contributed by atoms with Crippen LogP contribution < -0.4 is 10.5 Å². The van der Waals surface area contributed by atoms with Gasteiger partial charge in [-0.3, -0.25) is 0 Å². The Bertz CT molecular complexity index is 618. The van der Waals surface area contributed by atoms with Gasteiger partial charge in [0.2, 0.25) is 0 Å². The summed E-state index contributed by atoms with van der Waals surface area (Å²) in [4.78, 5) is 9.00. The molecule has 0 aliphatic rings. The van der Waals surface area contributed by atoms with Gasteiger partial charge in [-0.15, -0.1) is 0 Å². The van der Waals surface area contributed by atoms with Crippen LogP contribution in [0.3, 0.4) is 0 Å². The third-order valence-electron chi connectivity index (χ3n) is 2.94. The molecule has 0 saturated carbocycles. The summed E-state index contributed by atoms with van der Waals surface area (Å²) >= 11 is 3.48. The van der Waals surface area contributed by atoms with Gasteiger partial charge >= 0.3 is 0 Å².